The molecule has 0 saturated carbocycles. The van der Waals surface area contributed by atoms with E-state index in [2.05, 4.69) is 0 Å². The lowest BCUT2D eigenvalue weighted by Crippen LogP contribution is -2.27. The second kappa shape index (κ2) is 11.3. The van der Waals surface area contributed by atoms with Crippen LogP contribution in [0.1, 0.15) is 10.9 Å². The number of amides is 1. The number of methoxy groups -OCH3 is 1. The summed E-state index contributed by atoms with van der Waals surface area (Å²) in [6, 6.07) is 41.0. The van der Waals surface area contributed by atoms with Gasteiger partial charge >= 0.3 is 0 Å². The van der Waals surface area contributed by atoms with E-state index < -0.39 is 0 Å². The van der Waals surface area contributed by atoms with Crippen LogP contribution in [0.25, 0.3) is 39.1 Å². The monoisotopic (exact) mass is 581 g/mol. The number of anilines is 1. The molecule has 210 valence electrons. The van der Waals surface area contributed by atoms with Gasteiger partial charge < -0.3 is 4.74 Å². The van der Waals surface area contributed by atoms with Crippen molar-refractivity contribution in [1.82, 2.24) is 9.55 Å². The third-order valence-electron chi connectivity index (χ3n) is 7.68. The van der Waals surface area contributed by atoms with Crippen LogP contribution >= 0.6 is 11.8 Å². The number of thioether (sulfide) groups is 1. The van der Waals surface area contributed by atoms with Gasteiger partial charge in [0.2, 0.25) is 5.91 Å². The molecule has 6 nitrogen and oxygen atoms in total. The minimum Gasteiger partial charge on any atom is -0.496 e. The second-order valence-electron chi connectivity index (χ2n) is 10.2. The standard InChI is InChI=1S/C36H27N3O3S/c1-42-32-14-8-6-12-30(32)36-38(33(40)23-43-36)27-19-15-24(16-20-27)25-17-21-28(22-18-25)39-34(26-9-3-2-4-10-26)37-31-13-7-5-11-29(31)35(39)41/h2-22,36H,23H2,1H3. The first-order valence-electron chi connectivity index (χ1n) is 14.0. The lowest BCUT2D eigenvalue weighted by molar-refractivity contribution is -0.115. The lowest BCUT2D eigenvalue weighted by Gasteiger charge is -2.25. The Labute approximate surface area is 253 Å². The first-order valence-corrected chi connectivity index (χ1v) is 15.0. The molecular weight excluding hydrogens is 554 g/mol. The van der Waals surface area contributed by atoms with Crippen molar-refractivity contribution in [1.29, 1.82) is 0 Å². The number of fused-ring (bicyclic) bond motifs is 1. The van der Waals surface area contributed by atoms with E-state index in [1.54, 1.807) is 23.4 Å². The maximum absolute atomic E-state index is 13.7. The summed E-state index contributed by atoms with van der Waals surface area (Å²) in [4.78, 5) is 33.4. The number of benzene rings is 5. The largest absolute Gasteiger partial charge is 0.496 e. The van der Waals surface area contributed by atoms with Crippen molar-refractivity contribution in [2.24, 2.45) is 0 Å². The van der Waals surface area contributed by atoms with Crippen molar-refractivity contribution in [2.75, 3.05) is 17.8 Å². The summed E-state index contributed by atoms with van der Waals surface area (Å²) in [6.07, 6.45) is 0. The molecule has 1 aliphatic heterocycles. The predicted molar refractivity (Wildman–Crippen MR) is 174 cm³/mol. The maximum Gasteiger partial charge on any atom is 0.266 e. The molecule has 1 aliphatic rings. The summed E-state index contributed by atoms with van der Waals surface area (Å²) in [5.41, 5.74) is 5.99. The second-order valence-corrected chi connectivity index (χ2v) is 11.3. The van der Waals surface area contributed by atoms with E-state index in [0.29, 0.717) is 22.5 Å². The number of hydrogen-bond acceptors (Lipinski definition) is 5. The molecule has 43 heavy (non-hydrogen) atoms. The Morgan fingerprint density at radius 2 is 1.33 bits per heavy atom. The van der Waals surface area contributed by atoms with Crippen molar-refractivity contribution in [3.05, 3.63) is 143 Å². The average molecular weight is 582 g/mol. The molecular formula is C36H27N3O3S. The molecule has 1 aromatic heterocycles. The molecule has 1 fully saturated rings. The first-order chi connectivity index (χ1) is 21.1. The molecule has 7 heteroatoms. The average Bonchev–Trinajstić information content (AvgIpc) is 3.46. The van der Waals surface area contributed by atoms with Crippen LogP contribution in [-0.4, -0.2) is 28.3 Å². The fourth-order valence-electron chi connectivity index (χ4n) is 5.57. The molecule has 1 atom stereocenters. The molecule has 6 aromatic rings. The number of rotatable bonds is 6. The topological polar surface area (TPSA) is 64.4 Å². The van der Waals surface area contributed by atoms with E-state index in [4.69, 9.17) is 9.72 Å². The molecule has 0 spiro atoms. The molecule has 2 heterocycles. The summed E-state index contributed by atoms with van der Waals surface area (Å²) >= 11 is 1.60. The van der Waals surface area contributed by atoms with Gasteiger partial charge in [0, 0.05) is 16.8 Å². The number of ether oxygens (including phenoxy) is 1. The van der Waals surface area contributed by atoms with Crippen LogP contribution in [0, 0.1) is 0 Å². The fourth-order valence-corrected chi connectivity index (χ4v) is 6.78. The van der Waals surface area contributed by atoms with Gasteiger partial charge in [0.15, 0.2) is 0 Å². The van der Waals surface area contributed by atoms with Crippen LogP contribution in [0.5, 0.6) is 5.75 Å². The maximum atomic E-state index is 13.7. The van der Waals surface area contributed by atoms with Crippen molar-refractivity contribution >= 4 is 34.3 Å². The Balaban J connectivity index is 1.22. The van der Waals surface area contributed by atoms with Crippen LogP contribution in [0.4, 0.5) is 5.69 Å². The molecule has 1 amide bonds. The highest BCUT2D eigenvalue weighted by Gasteiger charge is 2.35. The summed E-state index contributed by atoms with van der Waals surface area (Å²) < 4.78 is 7.26. The highest BCUT2D eigenvalue weighted by atomic mass is 32.2. The van der Waals surface area contributed by atoms with E-state index in [1.807, 2.05) is 132 Å². The van der Waals surface area contributed by atoms with E-state index in [1.165, 1.54) is 0 Å². The van der Waals surface area contributed by atoms with Gasteiger partial charge in [-0.3, -0.25) is 19.1 Å². The van der Waals surface area contributed by atoms with E-state index in [0.717, 1.165) is 39.4 Å². The lowest BCUT2D eigenvalue weighted by atomic mass is 10.0. The zero-order chi connectivity index (χ0) is 29.3. The Hall–Kier alpha value is -5.14. The smallest absolute Gasteiger partial charge is 0.266 e. The van der Waals surface area contributed by atoms with Gasteiger partial charge in [-0.1, -0.05) is 84.9 Å². The number of carbonyl (C=O) groups is 1. The highest BCUT2D eigenvalue weighted by molar-refractivity contribution is 8.00. The number of para-hydroxylation sites is 2. The quantitative estimate of drug-likeness (QED) is 0.204. The van der Waals surface area contributed by atoms with Crippen LogP contribution in [0.2, 0.25) is 0 Å². The number of carbonyl (C=O) groups excluding carboxylic acids is 1. The van der Waals surface area contributed by atoms with Crippen molar-refractivity contribution < 1.29 is 9.53 Å². The fraction of sp³-hybridized carbons (Fsp3) is 0.0833. The van der Waals surface area contributed by atoms with Crippen LogP contribution in [0.15, 0.2) is 132 Å². The van der Waals surface area contributed by atoms with Gasteiger partial charge in [-0.05, 0) is 53.6 Å². The Morgan fingerprint density at radius 3 is 2.05 bits per heavy atom. The zero-order valence-electron chi connectivity index (χ0n) is 23.4. The van der Waals surface area contributed by atoms with Gasteiger partial charge in [0.1, 0.15) is 16.9 Å². The van der Waals surface area contributed by atoms with E-state index >= 15 is 0 Å². The minimum absolute atomic E-state index is 0.0710. The molecule has 1 unspecified atom stereocenters. The molecule has 1 saturated heterocycles. The van der Waals surface area contributed by atoms with E-state index in [-0.39, 0.29) is 16.8 Å². The summed E-state index contributed by atoms with van der Waals surface area (Å²) in [6.45, 7) is 0. The molecule has 5 aromatic carbocycles. The number of nitrogens with zero attached hydrogens (tertiary/aromatic N) is 3. The Bertz CT molecular complexity index is 2010. The number of aromatic nitrogens is 2. The van der Waals surface area contributed by atoms with Crippen molar-refractivity contribution in [3.63, 3.8) is 0 Å². The molecule has 0 bridgehead atoms. The van der Waals surface area contributed by atoms with Gasteiger partial charge in [-0.15, -0.1) is 11.8 Å². The zero-order valence-corrected chi connectivity index (χ0v) is 24.2. The van der Waals surface area contributed by atoms with Gasteiger partial charge in [0.05, 0.1) is 29.5 Å². The Kier molecular flexibility index (Phi) is 7.01. The van der Waals surface area contributed by atoms with Gasteiger partial charge in [-0.2, -0.15) is 0 Å². The van der Waals surface area contributed by atoms with Crippen LogP contribution in [0.3, 0.4) is 0 Å². The van der Waals surface area contributed by atoms with Gasteiger partial charge in [-0.25, -0.2) is 4.98 Å². The Morgan fingerprint density at radius 1 is 0.698 bits per heavy atom. The van der Waals surface area contributed by atoms with Crippen LogP contribution in [-0.2, 0) is 4.79 Å². The van der Waals surface area contributed by atoms with Crippen LogP contribution < -0.4 is 15.2 Å². The van der Waals surface area contributed by atoms with Crippen molar-refractivity contribution in [3.8, 4) is 34.0 Å². The minimum atomic E-state index is -0.151. The van der Waals surface area contributed by atoms with Gasteiger partial charge in [0.25, 0.3) is 5.56 Å². The summed E-state index contributed by atoms with van der Waals surface area (Å²) in [5.74, 6) is 1.85. The molecule has 7 rings (SSSR count). The van der Waals surface area contributed by atoms with E-state index in [9.17, 15) is 9.59 Å². The first kappa shape index (κ1) is 26.7. The highest BCUT2D eigenvalue weighted by Crippen LogP contribution is 2.45. The molecule has 0 radical (unpaired) electrons. The summed E-state index contributed by atoms with van der Waals surface area (Å²) in [5, 5.41) is 0.421. The normalized spacial score (nSPS) is 14.8. The molecule has 0 aliphatic carbocycles. The summed E-state index contributed by atoms with van der Waals surface area (Å²) in [7, 11) is 1.65. The third-order valence-corrected chi connectivity index (χ3v) is 8.88. The third kappa shape index (κ3) is 4.87. The number of hydrogen-bond donors (Lipinski definition) is 0. The van der Waals surface area contributed by atoms with Crippen molar-refractivity contribution in [2.45, 2.75) is 5.37 Å². The predicted octanol–water partition coefficient (Wildman–Crippen LogP) is 7.51. The molecule has 0 N–H and O–H groups in total. The SMILES string of the molecule is COc1ccccc1C1SCC(=O)N1c1ccc(-c2ccc(-n3c(-c4ccccc4)nc4ccccc4c3=O)cc2)cc1.